The topological polar surface area (TPSA) is 15.3 Å². The van der Waals surface area contributed by atoms with Crippen LogP contribution in [0.5, 0.6) is 0 Å². The highest BCUT2D eigenvalue weighted by Crippen LogP contribution is 2.31. The van der Waals surface area contributed by atoms with E-state index in [1.54, 1.807) is 0 Å². The van der Waals surface area contributed by atoms with Gasteiger partial charge in [0.2, 0.25) is 0 Å². The van der Waals surface area contributed by atoms with E-state index in [4.69, 9.17) is 0 Å². The predicted molar refractivity (Wildman–Crippen MR) is 64.0 cm³/mol. The minimum absolute atomic E-state index is 0.167. The van der Waals surface area contributed by atoms with Gasteiger partial charge in [0, 0.05) is 13.1 Å². The van der Waals surface area contributed by atoms with Gasteiger partial charge in [-0.15, -0.1) is 0 Å². The van der Waals surface area contributed by atoms with Crippen molar-refractivity contribution in [2.75, 3.05) is 27.2 Å². The van der Waals surface area contributed by atoms with Gasteiger partial charge in [0.15, 0.2) is 0 Å². The summed E-state index contributed by atoms with van der Waals surface area (Å²) < 4.78 is 0. The number of nitrogens with one attached hydrogen (secondary N) is 1. The third kappa shape index (κ3) is 1.92. The highest BCUT2D eigenvalue weighted by Gasteiger charge is 2.36. The van der Waals surface area contributed by atoms with E-state index in [0.29, 0.717) is 0 Å². The van der Waals surface area contributed by atoms with E-state index >= 15 is 0 Å². The van der Waals surface area contributed by atoms with Crippen LogP contribution in [0.1, 0.15) is 17.5 Å². The third-order valence-corrected chi connectivity index (χ3v) is 3.51. The van der Waals surface area contributed by atoms with E-state index in [-0.39, 0.29) is 5.54 Å². The Morgan fingerprint density at radius 2 is 2.20 bits per heavy atom. The Labute approximate surface area is 92.3 Å². The van der Waals surface area contributed by atoms with Crippen LogP contribution in [0.3, 0.4) is 0 Å². The third-order valence-electron chi connectivity index (χ3n) is 3.51. The van der Waals surface area contributed by atoms with Gasteiger partial charge in [0.1, 0.15) is 0 Å². The molecule has 0 bridgehead atoms. The first-order valence-corrected chi connectivity index (χ1v) is 5.61. The Balaban J connectivity index is 2.34. The Kier molecular flexibility index (Phi) is 2.81. The Bertz CT molecular complexity index is 348. The number of rotatable bonds is 2. The second kappa shape index (κ2) is 3.95. The van der Waals surface area contributed by atoms with Crippen LogP contribution in [0.15, 0.2) is 24.3 Å². The lowest BCUT2D eigenvalue weighted by molar-refractivity contribution is 0.334. The highest BCUT2D eigenvalue weighted by molar-refractivity contribution is 5.30. The average Bonchev–Trinajstić information content (AvgIpc) is 2.61. The van der Waals surface area contributed by atoms with Crippen molar-refractivity contribution in [3.05, 3.63) is 35.4 Å². The molecule has 1 N–H and O–H groups in total. The van der Waals surface area contributed by atoms with E-state index in [2.05, 4.69) is 55.5 Å². The summed E-state index contributed by atoms with van der Waals surface area (Å²) in [4.78, 5) is 2.39. The summed E-state index contributed by atoms with van der Waals surface area (Å²) in [5.41, 5.74) is 2.94. The number of hydrogen-bond acceptors (Lipinski definition) is 2. The molecule has 1 atom stereocenters. The maximum atomic E-state index is 3.51. The van der Waals surface area contributed by atoms with E-state index in [0.717, 1.165) is 6.54 Å². The molecule has 2 heteroatoms. The van der Waals surface area contributed by atoms with E-state index in [1.807, 2.05) is 0 Å². The smallest absolute Gasteiger partial charge is 0.0573 e. The molecule has 15 heavy (non-hydrogen) atoms. The Hall–Kier alpha value is -0.860. The molecular weight excluding hydrogens is 184 g/mol. The second-order valence-corrected chi connectivity index (χ2v) is 4.69. The van der Waals surface area contributed by atoms with Crippen LogP contribution >= 0.6 is 0 Å². The largest absolute Gasteiger partial charge is 0.309 e. The van der Waals surface area contributed by atoms with Gasteiger partial charge in [-0.2, -0.15) is 0 Å². The fourth-order valence-corrected chi connectivity index (χ4v) is 2.53. The summed E-state index contributed by atoms with van der Waals surface area (Å²) in [6, 6.07) is 8.85. The number of benzene rings is 1. The van der Waals surface area contributed by atoms with Crippen LogP contribution in [-0.4, -0.2) is 32.1 Å². The van der Waals surface area contributed by atoms with Gasteiger partial charge in [-0.1, -0.05) is 29.8 Å². The lowest BCUT2D eigenvalue weighted by atomic mass is 9.88. The zero-order chi connectivity index (χ0) is 10.9. The van der Waals surface area contributed by atoms with Crippen molar-refractivity contribution in [2.45, 2.75) is 18.9 Å². The molecule has 0 spiro atoms. The number of hydrogen-bond donors (Lipinski definition) is 1. The summed E-state index contributed by atoms with van der Waals surface area (Å²) >= 11 is 0. The summed E-state index contributed by atoms with van der Waals surface area (Å²) in [6.45, 7) is 4.44. The highest BCUT2D eigenvalue weighted by atomic mass is 15.2. The van der Waals surface area contributed by atoms with Gasteiger partial charge in [-0.05, 0) is 33.0 Å². The molecule has 82 valence electrons. The zero-order valence-electron chi connectivity index (χ0n) is 9.88. The first-order valence-electron chi connectivity index (χ1n) is 5.61. The Morgan fingerprint density at radius 1 is 1.40 bits per heavy atom. The van der Waals surface area contributed by atoms with E-state index in [1.165, 1.54) is 24.1 Å². The normalized spacial score (nSPS) is 27.1. The standard InChI is InChI=1S/C13H20N2/c1-11-5-4-6-12(9-11)13(14-2)7-8-15(3)10-13/h4-6,9,14H,7-8,10H2,1-3H3. The van der Waals surface area contributed by atoms with Crippen molar-refractivity contribution in [1.82, 2.24) is 10.2 Å². The molecule has 1 aliphatic heterocycles. The van der Waals surface area contributed by atoms with Gasteiger partial charge in [0.05, 0.1) is 5.54 Å². The van der Waals surface area contributed by atoms with Gasteiger partial charge < -0.3 is 10.2 Å². The maximum absolute atomic E-state index is 3.51. The molecule has 0 radical (unpaired) electrons. The molecule has 1 aromatic rings. The summed E-state index contributed by atoms with van der Waals surface area (Å²) in [7, 11) is 4.26. The maximum Gasteiger partial charge on any atom is 0.0573 e. The quantitative estimate of drug-likeness (QED) is 0.789. The van der Waals surface area contributed by atoms with Crippen LogP contribution in [0.2, 0.25) is 0 Å². The van der Waals surface area contributed by atoms with E-state index in [9.17, 15) is 0 Å². The minimum Gasteiger partial charge on any atom is -0.309 e. The molecule has 1 aromatic carbocycles. The summed E-state index contributed by atoms with van der Waals surface area (Å²) in [5.74, 6) is 0. The molecule has 1 fully saturated rings. The van der Waals surface area contributed by atoms with Gasteiger partial charge in [0.25, 0.3) is 0 Å². The Morgan fingerprint density at radius 3 is 2.73 bits per heavy atom. The molecule has 2 rings (SSSR count). The second-order valence-electron chi connectivity index (χ2n) is 4.69. The molecule has 0 aromatic heterocycles. The number of likely N-dealkylation sites (N-methyl/N-ethyl adjacent to an activating group) is 2. The number of nitrogens with zero attached hydrogens (tertiary/aromatic N) is 1. The molecule has 1 aliphatic rings. The molecule has 1 heterocycles. The predicted octanol–water partition coefficient (Wildman–Crippen LogP) is 1.75. The fraction of sp³-hybridized carbons (Fsp3) is 0.538. The van der Waals surface area contributed by atoms with Crippen molar-refractivity contribution in [3.63, 3.8) is 0 Å². The molecule has 2 nitrogen and oxygen atoms in total. The van der Waals surface area contributed by atoms with Gasteiger partial charge >= 0.3 is 0 Å². The molecule has 0 saturated carbocycles. The average molecular weight is 204 g/mol. The van der Waals surface area contributed by atoms with Crippen LogP contribution in [-0.2, 0) is 5.54 Å². The summed E-state index contributed by atoms with van der Waals surface area (Å²) in [6.07, 6.45) is 1.20. The van der Waals surface area contributed by atoms with Crippen molar-refractivity contribution < 1.29 is 0 Å². The van der Waals surface area contributed by atoms with Crippen LogP contribution in [0, 0.1) is 6.92 Å². The SMILES string of the molecule is CNC1(c2cccc(C)c2)CCN(C)C1. The molecule has 1 saturated heterocycles. The van der Waals surface area contributed by atoms with Gasteiger partial charge in [-0.25, -0.2) is 0 Å². The molecule has 0 aliphatic carbocycles. The number of likely N-dealkylation sites (tertiary alicyclic amines) is 1. The van der Waals surface area contributed by atoms with Crippen LogP contribution < -0.4 is 5.32 Å². The summed E-state index contributed by atoms with van der Waals surface area (Å²) in [5, 5.41) is 3.51. The van der Waals surface area contributed by atoms with Crippen molar-refractivity contribution in [3.8, 4) is 0 Å². The minimum atomic E-state index is 0.167. The van der Waals surface area contributed by atoms with Crippen LogP contribution in [0.4, 0.5) is 0 Å². The first-order chi connectivity index (χ1) is 7.16. The monoisotopic (exact) mass is 204 g/mol. The molecule has 0 amide bonds. The first kappa shape index (κ1) is 10.7. The van der Waals surface area contributed by atoms with Crippen LogP contribution in [0.25, 0.3) is 0 Å². The molecule has 1 unspecified atom stereocenters. The number of aryl methyl sites for hydroxylation is 1. The fourth-order valence-electron chi connectivity index (χ4n) is 2.53. The lowest BCUT2D eigenvalue weighted by Gasteiger charge is -2.29. The zero-order valence-corrected chi connectivity index (χ0v) is 9.88. The lowest BCUT2D eigenvalue weighted by Crippen LogP contribution is -2.42. The van der Waals surface area contributed by atoms with Gasteiger partial charge in [-0.3, -0.25) is 0 Å². The van der Waals surface area contributed by atoms with E-state index < -0.39 is 0 Å². The van der Waals surface area contributed by atoms with Crippen molar-refractivity contribution in [1.29, 1.82) is 0 Å². The van der Waals surface area contributed by atoms with Crippen molar-refractivity contribution >= 4 is 0 Å². The van der Waals surface area contributed by atoms with Crippen molar-refractivity contribution in [2.24, 2.45) is 0 Å². The molecular formula is C13H20N2.